The highest BCUT2D eigenvalue weighted by Crippen LogP contribution is 2.68. The number of aromatic amines is 1. The molecule has 2 bridgehead atoms. The number of phenols is 1. The number of carbonyl (C=O) groups excluding carboxylic acids is 2. The highest BCUT2D eigenvalue weighted by atomic mass is 32.2. The number of hydrogen-bond donors (Lipinski definition) is 3. The lowest BCUT2D eigenvalue weighted by Gasteiger charge is -2.43. The second-order valence-electron chi connectivity index (χ2n) is 8.99. The van der Waals surface area contributed by atoms with Crippen LogP contribution in [0.15, 0.2) is 34.1 Å². The number of imide groups is 1. The van der Waals surface area contributed by atoms with Crippen molar-refractivity contribution in [2.24, 2.45) is 29.6 Å². The summed E-state index contributed by atoms with van der Waals surface area (Å²) in [7, 11) is 0. The number of amides is 2. The molecule has 10 heteroatoms. The van der Waals surface area contributed by atoms with Gasteiger partial charge in [0.15, 0.2) is 0 Å². The SMILES string of the molecule is O=C(O)CCN1C(=O)[C@@H]2[C@H]3C[C@@H]([C@H]4Sc5[nH]c(=O)sc5[C@@H](c5ccccc5O)[C@@H]34)[C@H]2C1=O. The molecule has 166 valence electrons. The summed E-state index contributed by atoms with van der Waals surface area (Å²) in [6.45, 7) is -0.0918. The third-order valence-electron chi connectivity index (χ3n) is 7.64. The number of phenolic OH excluding ortho intramolecular Hbond substituents is 1. The Bertz CT molecular complexity index is 1220. The van der Waals surface area contributed by atoms with Gasteiger partial charge in [-0.1, -0.05) is 29.5 Å². The Hall–Kier alpha value is -2.59. The summed E-state index contributed by atoms with van der Waals surface area (Å²) >= 11 is 2.73. The molecule has 4 aliphatic rings. The van der Waals surface area contributed by atoms with E-state index >= 15 is 0 Å². The number of hydrogen-bond acceptors (Lipinski definition) is 7. The molecule has 2 aliphatic heterocycles. The molecule has 8 nitrogen and oxygen atoms in total. The van der Waals surface area contributed by atoms with Gasteiger partial charge in [0.25, 0.3) is 0 Å². The molecule has 1 saturated heterocycles. The number of carbonyl (C=O) groups is 3. The van der Waals surface area contributed by atoms with Crippen LogP contribution in [0.2, 0.25) is 0 Å². The van der Waals surface area contributed by atoms with Crippen molar-refractivity contribution >= 4 is 40.9 Å². The molecular formula is C22H20N2O6S2. The number of rotatable bonds is 4. The summed E-state index contributed by atoms with van der Waals surface area (Å²) in [6, 6.07) is 7.11. The van der Waals surface area contributed by atoms with Gasteiger partial charge in [-0.25, -0.2) is 0 Å². The average Bonchev–Trinajstić information content (AvgIpc) is 3.46. The van der Waals surface area contributed by atoms with Crippen LogP contribution < -0.4 is 4.87 Å². The van der Waals surface area contributed by atoms with E-state index in [1.54, 1.807) is 23.9 Å². The lowest BCUT2D eigenvalue weighted by Crippen LogP contribution is -2.42. The fraction of sp³-hybridized carbons (Fsp3) is 0.455. The normalized spacial score (nSPS) is 34.5. The third kappa shape index (κ3) is 2.62. The first-order chi connectivity index (χ1) is 15.4. The summed E-state index contributed by atoms with van der Waals surface area (Å²) in [4.78, 5) is 54.4. The quantitative estimate of drug-likeness (QED) is 0.582. The number of benzene rings is 1. The first kappa shape index (κ1) is 20.0. The van der Waals surface area contributed by atoms with Gasteiger partial charge in [0.2, 0.25) is 11.8 Å². The van der Waals surface area contributed by atoms with Gasteiger partial charge in [0.1, 0.15) is 5.75 Å². The van der Waals surface area contributed by atoms with Gasteiger partial charge in [0, 0.05) is 28.2 Å². The maximum Gasteiger partial charge on any atom is 0.305 e. The Labute approximate surface area is 190 Å². The van der Waals surface area contributed by atoms with Gasteiger partial charge >= 0.3 is 10.8 Å². The van der Waals surface area contributed by atoms with E-state index in [-0.39, 0.29) is 64.3 Å². The lowest BCUT2D eigenvalue weighted by atomic mass is 9.68. The molecule has 2 saturated carbocycles. The van der Waals surface area contributed by atoms with Crippen molar-refractivity contribution < 1.29 is 24.6 Å². The van der Waals surface area contributed by atoms with E-state index in [1.165, 1.54) is 0 Å². The van der Waals surface area contributed by atoms with Gasteiger partial charge in [-0.2, -0.15) is 0 Å². The van der Waals surface area contributed by atoms with Gasteiger partial charge in [-0.3, -0.25) is 24.1 Å². The highest BCUT2D eigenvalue weighted by molar-refractivity contribution is 8.00. The molecule has 1 aromatic heterocycles. The van der Waals surface area contributed by atoms with E-state index in [0.717, 1.165) is 38.1 Å². The maximum absolute atomic E-state index is 13.2. The van der Waals surface area contributed by atoms with Crippen molar-refractivity contribution in [3.8, 4) is 5.75 Å². The van der Waals surface area contributed by atoms with Crippen molar-refractivity contribution in [1.82, 2.24) is 9.88 Å². The first-order valence-corrected chi connectivity index (χ1v) is 12.3. The number of aromatic nitrogens is 1. The minimum absolute atomic E-state index is 0.00896. The zero-order valence-corrected chi connectivity index (χ0v) is 18.4. The van der Waals surface area contributed by atoms with Crippen LogP contribution in [0.4, 0.5) is 0 Å². The summed E-state index contributed by atoms with van der Waals surface area (Å²) in [6.07, 6.45) is 0.498. The van der Waals surface area contributed by atoms with Gasteiger partial charge in [-0.05, 0) is 30.2 Å². The number of nitrogens with one attached hydrogen (secondary N) is 1. The van der Waals surface area contributed by atoms with E-state index in [0.29, 0.717) is 0 Å². The molecule has 2 aromatic rings. The molecule has 3 heterocycles. The topological polar surface area (TPSA) is 128 Å². The number of para-hydroxylation sites is 1. The van der Waals surface area contributed by atoms with E-state index < -0.39 is 17.8 Å². The number of carboxylic acids is 1. The Morgan fingerprint density at radius 2 is 1.84 bits per heavy atom. The molecule has 0 spiro atoms. The van der Waals surface area contributed by atoms with Gasteiger partial charge in [0.05, 0.1) is 23.3 Å². The summed E-state index contributed by atoms with van der Waals surface area (Å²) < 4.78 is 0. The predicted molar refractivity (Wildman–Crippen MR) is 116 cm³/mol. The van der Waals surface area contributed by atoms with Crippen LogP contribution in [-0.4, -0.2) is 49.7 Å². The number of likely N-dealkylation sites (tertiary alicyclic amines) is 1. The van der Waals surface area contributed by atoms with Crippen LogP contribution in [-0.2, 0) is 14.4 Å². The van der Waals surface area contributed by atoms with Crippen molar-refractivity contribution in [3.05, 3.63) is 44.4 Å². The Kier molecular flexibility index (Phi) is 4.36. The van der Waals surface area contributed by atoms with E-state index in [4.69, 9.17) is 5.11 Å². The number of nitrogens with zero attached hydrogens (tertiary/aromatic N) is 1. The van der Waals surface area contributed by atoms with E-state index in [9.17, 15) is 24.3 Å². The lowest BCUT2D eigenvalue weighted by molar-refractivity contribution is -0.142. The van der Waals surface area contributed by atoms with Crippen LogP contribution in [0.1, 0.15) is 29.2 Å². The van der Waals surface area contributed by atoms with Crippen LogP contribution in [0, 0.1) is 29.6 Å². The number of aliphatic carboxylic acids is 1. The molecule has 3 N–H and O–H groups in total. The molecule has 0 radical (unpaired) electrons. The molecule has 32 heavy (non-hydrogen) atoms. The van der Waals surface area contributed by atoms with E-state index in [1.807, 2.05) is 12.1 Å². The smallest absolute Gasteiger partial charge is 0.305 e. The molecule has 1 aromatic carbocycles. The van der Waals surface area contributed by atoms with Crippen LogP contribution in [0.3, 0.4) is 0 Å². The monoisotopic (exact) mass is 472 g/mol. The molecule has 6 rings (SSSR count). The van der Waals surface area contributed by atoms with Crippen molar-refractivity contribution in [2.45, 2.75) is 29.0 Å². The molecule has 3 fully saturated rings. The standard InChI is InChI=1S/C22H20N2O6S2/c25-11-4-2-1-3-8(11)13-14-9-7-10(17(14)31-19-18(13)32-22(30)23-19)16-15(9)20(28)24(21(16)29)6-5-12(26)27/h1-4,9-10,13-17,25H,5-7H2,(H,23,30)(H,26,27)/t9-,10+,13-,14+,15+,16+,17+/m0/s1. The second-order valence-corrected chi connectivity index (χ2v) is 11.2. The minimum atomic E-state index is -1.04. The minimum Gasteiger partial charge on any atom is -0.508 e. The molecule has 2 aliphatic carbocycles. The first-order valence-electron chi connectivity index (χ1n) is 10.6. The Balaban J connectivity index is 1.43. The molecular weight excluding hydrogens is 452 g/mol. The Morgan fingerprint density at radius 1 is 1.12 bits per heavy atom. The molecule has 2 amide bonds. The van der Waals surface area contributed by atoms with Crippen molar-refractivity contribution in [2.75, 3.05) is 6.54 Å². The summed E-state index contributed by atoms with van der Waals surface area (Å²) in [5.41, 5.74) is 0.739. The number of aromatic hydroxyl groups is 1. The number of carboxylic acid groups (broad SMARTS) is 1. The number of thioether (sulfide) groups is 1. The fourth-order valence-electron chi connectivity index (χ4n) is 6.61. The fourth-order valence-corrected chi connectivity index (χ4v) is 9.48. The van der Waals surface area contributed by atoms with Crippen LogP contribution in [0.5, 0.6) is 5.75 Å². The van der Waals surface area contributed by atoms with Crippen LogP contribution >= 0.6 is 23.1 Å². The zero-order chi connectivity index (χ0) is 22.3. The number of H-pyrrole nitrogens is 1. The average molecular weight is 473 g/mol. The van der Waals surface area contributed by atoms with Gasteiger partial charge < -0.3 is 15.2 Å². The van der Waals surface area contributed by atoms with E-state index in [2.05, 4.69) is 4.98 Å². The summed E-state index contributed by atoms with van der Waals surface area (Å²) in [5.74, 6) is -2.56. The van der Waals surface area contributed by atoms with Gasteiger partial charge in [-0.15, -0.1) is 11.8 Å². The Morgan fingerprint density at radius 3 is 2.56 bits per heavy atom. The number of thiazole rings is 1. The van der Waals surface area contributed by atoms with Crippen molar-refractivity contribution in [1.29, 1.82) is 0 Å². The highest BCUT2D eigenvalue weighted by Gasteiger charge is 2.69. The number of fused-ring (bicyclic) bond motifs is 9. The summed E-state index contributed by atoms with van der Waals surface area (Å²) in [5, 5.41) is 20.5. The third-order valence-corrected chi connectivity index (χ3v) is 10.2. The van der Waals surface area contributed by atoms with Crippen molar-refractivity contribution in [3.63, 3.8) is 0 Å². The zero-order valence-electron chi connectivity index (χ0n) is 16.8. The van der Waals surface area contributed by atoms with Crippen LogP contribution in [0.25, 0.3) is 0 Å². The predicted octanol–water partition coefficient (Wildman–Crippen LogP) is 2.09. The maximum atomic E-state index is 13.2. The molecule has 0 unspecified atom stereocenters. The molecule has 7 atom stereocenters. The second kappa shape index (κ2) is 6.95. The largest absolute Gasteiger partial charge is 0.508 e.